The van der Waals surface area contributed by atoms with E-state index < -0.39 is 0 Å². The minimum atomic E-state index is -0.0578. The van der Waals surface area contributed by atoms with Crippen molar-refractivity contribution in [1.29, 1.82) is 5.26 Å². The van der Waals surface area contributed by atoms with Crippen molar-refractivity contribution in [2.24, 2.45) is 0 Å². The zero-order valence-electron chi connectivity index (χ0n) is 20.9. The van der Waals surface area contributed by atoms with Crippen LogP contribution in [0.25, 0.3) is 16.7 Å². The Bertz CT molecular complexity index is 1500. The van der Waals surface area contributed by atoms with E-state index in [1.54, 1.807) is 11.3 Å². The van der Waals surface area contributed by atoms with Gasteiger partial charge in [-0.05, 0) is 87.4 Å². The van der Waals surface area contributed by atoms with Crippen molar-refractivity contribution in [3.63, 3.8) is 0 Å². The van der Waals surface area contributed by atoms with Crippen LogP contribution in [0.3, 0.4) is 0 Å². The molecule has 0 aliphatic heterocycles. The van der Waals surface area contributed by atoms with E-state index in [0.29, 0.717) is 5.57 Å². The maximum absolute atomic E-state index is 13.6. The Balaban J connectivity index is 1.60. The van der Waals surface area contributed by atoms with Crippen LogP contribution >= 0.6 is 11.3 Å². The molecular formula is C31H29N3OS. The monoisotopic (exact) mass is 491 g/mol. The van der Waals surface area contributed by atoms with Crippen LogP contribution < -0.4 is 5.32 Å². The third-order valence-corrected chi connectivity index (χ3v) is 8.14. The highest BCUT2D eigenvalue weighted by Crippen LogP contribution is 2.39. The van der Waals surface area contributed by atoms with Crippen molar-refractivity contribution in [2.75, 3.05) is 5.32 Å². The average Bonchev–Trinajstić information content (AvgIpc) is 3.39. The largest absolute Gasteiger partial charge is 0.322 e. The lowest BCUT2D eigenvalue weighted by atomic mass is 9.95. The lowest BCUT2D eigenvalue weighted by Gasteiger charge is -2.14. The molecular weight excluding hydrogens is 462 g/mol. The van der Waals surface area contributed by atoms with E-state index in [4.69, 9.17) is 0 Å². The summed E-state index contributed by atoms with van der Waals surface area (Å²) in [6.45, 7) is 6.18. The summed E-state index contributed by atoms with van der Waals surface area (Å²) in [5.41, 5.74) is 8.54. The molecule has 0 fully saturated rings. The number of amides is 1. The lowest BCUT2D eigenvalue weighted by Crippen LogP contribution is -2.17. The number of carbonyl (C=O) groups excluding carboxylic acids is 1. The fourth-order valence-corrected chi connectivity index (χ4v) is 6.47. The highest BCUT2D eigenvalue weighted by molar-refractivity contribution is 7.15. The number of nitrogens with zero attached hydrogens (tertiary/aromatic N) is 2. The van der Waals surface area contributed by atoms with E-state index in [0.717, 1.165) is 70.0 Å². The second-order valence-electron chi connectivity index (χ2n) is 9.41. The molecule has 0 unspecified atom stereocenters. The second-order valence-corrected chi connectivity index (χ2v) is 10.5. The summed E-state index contributed by atoms with van der Waals surface area (Å²) in [5.74, 6) is -0.0578. The van der Waals surface area contributed by atoms with Gasteiger partial charge in [-0.2, -0.15) is 5.26 Å². The van der Waals surface area contributed by atoms with Crippen molar-refractivity contribution in [3.8, 4) is 11.1 Å². The molecule has 0 bridgehead atoms. The Kier molecular flexibility index (Phi) is 6.63. The zero-order chi connectivity index (χ0) is 25.2. The molecule has 4 nitrogen and oxygen atoms in total. The first-order chi connectivity index (χ1) is 17.5. The van der Waals surface area contributed by atoms with Gasteiger partial charge in [0.1, 0.15) is 5.00 Å². The maximum Gasteiger partial charge on any atom is 0.258 e. The molecule has 1 aliphatic carbocycles. The van der Waals surface area contributed by atoms with E-state index in [1.807, 2.05) is 67.6 Å². The van der Waals surface area contributed by atoms with Crippen molar-refractivity contribution in [1.82, 2.24) is 4.57 Å². The first kappa shape index (κ1) is 23.8. The number of rotatable bonds is 5. The Labute approximate surface area is 216 Å². The molecule has 5 heteroatoms. The first-order valence-corrected chi connectivity index (χ1v) is 13.2. The molecule has 36 heavy (non-hydrogen) atoms. The molecule has 4 aromatic rings. The smallest absolute Gasteiger partial charge is 0.258 e. The van der Waals surface area contributed by atoms with Crippen molar-refractivity contribution >= 4 is 34.6 Å². The van der Waals surface area contributed by atoms with Gasteiger partial charge in [-0.1, -0.05) is 48.0 Å². The Morgan fingerprint density at radius 1 is 1.03 bits per heavy atom. The van der Waals surface area contributed by atoms with Gasteiger partial charge in [0.15, 0.2) is 0 Å². The van der Waals surface area contributed by atoms with Crippen LogP contribution in [0.2, 0.25) is 0 Å². The zero-order valence-corrected chi connectivity index (χ0v) is 21.7. The Morgan fingerprint density at radius 2 is 1.75 bits per heavy atom. The number of fused-ring (bicyclic) bond motifs is 1. The van der Waals surface area contributed by atoms with Crippen LogP contribution in [-0.2, 0) is 12.8 Å². The molecule has 1 amide bonds. The summed E-state index contributed by atoms with van der Waals surface area (Å²) in [6.07, 6.45) is 6.17. The van der Waals surface area contributed by atoms with E-state index >= 15 is 0 Å². The third-order valence-electron chi connectivity index (χ3n) is 6.87. The highest BCUT2D eigenvalue weighted by Gasteiger charge is 2.28. The quantitative estimate of drug-likeness (QED) is 0.291. The van der Waals surface area contributed by atoms with Gasteiger partial charge < -0.3 is 9.88 Å². The molecule has 2 aromatic carbocycles. The molecule has 0 atom stereocenters. The van der Waals surface area contributed by atoms with E-state index in [9.17, 15) is 10.1 Å². The van der Waals surface area contributed by atoms with Crippen LogP contribution in [0.1, 0.15) is 61.7 Å². The standard InChI is InChI=1S/C31H29N3OS/c1-20-13-15-23(16-14-20)25(19-32)18-24-17-21(2)34(22(24)3)31-29(27-11-7-8-12-28(27)36-31)30(35)33-26-9-5-4-6-10-26/h4-6,9-10,13-18H,7-8,11-12H2,1-3H3,(H,33,35)/b25-18-. The number of hydrogen-bond acceptors (Lipinski definition) is 3. The van der Waals surface area contributed by atoms with Gasteiger partial charge in [-0.25, -0.2) is 0 Å². The fraction of sp³-hybridized carbons (Fsp3) is 0.226. The van der Waals surface area contributed by atoms with Gasteiger partial charge in [-0.15, -0.1) is 11.3 Å². The number of anilines is 1. The summed E-state index contributed by atoms with van der Waals surface area (Å²) in [5, 5.41) is 14.0. The number of nitrogens with one attached hydrogen (secondary N) is 1. The first-order valence-electron chi connectivity index (χ1n) is 12.4. The van der Waals surface area contributed by atoms with Crippen molar-refractivity contribution in [3.05, 3.63) is 105 Å². The normalized spacial score (nSPS) is 13.2. The number of nitriles is 1. The molecule has 1 aliphatic rings. The number of allylic oxidation sites excluding steroid dienone is 1. The molecule has 2 aromatic heterocycles. The predicted molar refractivity (Wildman–Crippen MR) is 149 cm³/mol. The molecule has 0 radical (unpaired) electrons. The number of aryl methyl sites for hydroxylation is 3. The van der Waals surface area contributed by atoms with Crippen LogP contribution in [0, 0.1) is 32.1 Å². The van der Waals surface area contributed by atoms with Crippen LogP contribution in [0.15, 0.2) is 60.7 Å². The van der Waals surface area contributed by atoms with Gasteiger partial charge in [0.2, 0.25) is 0 Å². The SMILES string of the molecule is Cc1ccc(/C(C#N)=C\c2cc(C)n(-c3sc4c(c3C(=O)Nc3ccccc3)CCCC4)c2C)cc1. The summed E-state index contributed by atoms with van der Waals surface area (Å²) >= 11 is 1.73. The van der Waals surface area contributed by atoms with E-state index in [2.05, 4.69) is 35.9 Å². The number of benzene rings is 2. The number of thiophene rings is 1. The Morgan fingerprint density at radius 3 is 2.47 bits per heavy atom. The van der Waals surface area contributed by atoms with Crippen LogP contribution in [-0.4, -0.2) is 10.5 Å². The molecule has 0 saturated heterocycles. The summed E-state index contributed by atoms with van der Waals surface area (Å²) in [4.78, 5) is 15.0. The number of para-hydroxylation sites is 1. The van der Waals surface area contributed by atoms with Gasteiger partial charge in [0.25, 0.3) is 5.91 Å². The van der Waals surface area contributed by atoms with Gasteiger partial charge in [0.05, 0.1) is 17.2 Å². The van der Waals surface area contributed by atoms with Crippen LogP contribution in [0.4, 0.5) is 5.69 Å². The summed E-state index contributed by atoms with van der Waals surface area (Å²) in [6, 6.07) is 22.1. The van der Waals surface area contributed by atoms with Crippen molar-refractivity contribution < 1.29 is 4.79 Å². The molecule has 1 N–H and O–H groups in total. The van der Waals surface area contributed by atoms with E-state index in [1.165, 1.54) is 10.4 Å². The average molecular weight is 492 g/mol. The molecule has 0 spiro atoms. The number of carbonyl (C=O) groups is 1. The van der Waals surface area contributed by atoms with Gasteiger partial charge >= 0.3 is 0 Å². The summed E-state index contributed by atoms with van der Waals surface area (Å²) in [7, 11) is 0. The van der Waals surface area contributed by atoms with Crippen molar-refractivity contribution in [2.45, 2.75) is 46.5 Å². The minimum Gasteiger partial charge on any atom is -0.322 e. The fourth-order valence-electron chi connectivity index (χ4n) is 4.97. The molecule has 2 heterocycles. The number of hydrogen-bond donors (Lipinski definition) is 1. The molecule has 5 rings (SSSR count). The van der Waals surface area contributed by atoms with E-state index in [-0.39, 0.29) is 5.91 Å². The Hall–Kier alpha value is -3.88. The highest BCUT2D eigenvalue weighted by atomic mass is 32.1. The predicted octanol–water partition coefficient (Wildman–Crippen LogP) is 7.66. The van der Waals surface area contributed by atoms with Crippen LogP contribution in [0.5, 0.6) is 0 Å². The number of aromatic nitrogens is 1. The lowest BCUT2D eigenvalue weighted by molar-refractivity contribution is 0.102. The topological polar surface area (TPSA) is 57.8 Å². The summed E-state index contributed by atoms with van der Waals surface area (Å²) < 4.78 is 2.19. The second kappa shape index (κ2) is 10.0. The maximum atomic E-state index is 13.6. The van der Waals surface area contributed by atoms with Gasteiger partial charge in [0, 0.05) is 22.0 Å². The van der Waals surface area contributed by atoms with Gasteiger partial charge in [-0.3, -0.25) is 4.79 Å². The molecule has 0 saturated carbocycles. The molecule has 180 valence electrons. The minimum absolute atomic E-state index is 0.0578. The third kappa shape index (κ3) is 4.53.